The Labute approximate surface area is 336 Å². The zero-order valence-electron chi connectivity index (χ0n) is 35.0. The van der Waals surface area contributed by atoms with Gasteiger partial charge in [0.1, 0.15) is 54.4 Å². The molecule has 6 rings (SSSR count). The average molecular weight is 817 g/mol. The number of fused-ring (bicyclic) bond motifs is 5. The topological polar surface area (TPSA) is 248 Å². The molecule has 330 valence electrons. The third kappa shape index (κ3) is 7.49. The lowest BCUT2D eigenvalue weighted by Gasteiger charge is -2.71. The molecular formula is C42H72O15. The van der Waals surface area contributed by atoms with Gasteiger partial charge in [-0.2, -0.15) is 0 Å². The second-order valence-electron chi connectivity index (χ2n) is 20.6. The van der Waals surface area contributed by atoms with Crippen LogP contribution in [0.4, 0.5) is 0 Å². The van der Waals surface area contributed by atoms with Crippen molar-refractivity contribution in [2.45, 2.75) is 192 Å². The fourth-order valence-electron chi connectivity index (χ4n) is 13.3. The van der Waals surface area contributed by atoms with E-state index in [4.69, 9.17) is 18.9 Å². The van der Waals surface area contributed by atoms with Gasteiger partial charge in [-0.3, -0.25) is 5.26 Å². The first kappa shape index (κ1) is 45.7. The maximum Gasteiger partial charge on any atom is 0.187 e. The van der Waals surface area contributed by atoms with Crippen LogP contribution in [0.25, 0.3) is 0 Å². The van der Waals surface area contributed by atoms with Gasteiger partial charge < -0.3 is 64.9 Å². The van der Waals surface area contributed by atoms with E-state index in [0.717, 1.165) is 25.7 Å². The van der Waals surface area contributed by atoms with Crippen molar-refractivity contribution in [2.75, 3.05) is 13.2 Å². The highest BCUT2D eigenvalue weighted by Gasteiger charge is 2.72. The predicted molar refractivity (Wildman–Crippen MR) is 204 cm³/mol. The van der Waals surface area contributed by atoms with E-state index in [9.17, 15) is 51.2 Å². The smallest absolute Gasteiger partial charge is 0.187 e. The van der Waals surface area contributed by atoms with E-state index in [0.29, 0.717) is 19.3 Å². The molecule has 2 saturated heterocycles. The van der Waals surface area contributed by atoms with Gasteiger partial charge in [-0.25, -0.2) is 4.89 Å². The molecule has 4 aliphatic carbocycles. The molecule has 0 bridgehead atoms. The normalized spacial score (nSPS) is 51.2. The summed E-state index contributed by atoms with van der Waals surface area (Å²) in [5, 5.41) is 106. The minimum Gasteiger partial charge on any atom is -0.394 e. The highest BCUT2D eigenvalue weighted by Crippen LogP contribution is 2.76. The van der Waals surface area contributed by atoms with Crippen LogP contribution in [0.3, 0.4) is 0 Å². The summed E-state index contributed by atoms with van der Waals surface area (Å²) in [7, 11) is 0. The Morgan fingerprint density at radius 3 is 1.82 bits per heavy atom. The van der Waals surface area contributed by atoms with Gasteiger partial charge in [0.15, 0.2) is 12.6 Å². The molecule has 0 amide bonds. The first-order valence-corrected chi connectivity index (χ1v) is 21.1. The van der Waals surface area contributed by atoms with Gasteiger partial charge in [-0.1, -0.05) is 46.8 Å². The Balaban J connectivity index is 1.27. The maximum atomic E-state index is 12.5. The molecule has 20 atom stereocenters. The standard InChI is InChI=1S/C42H72O15/c1-37(2,57-52)13-9-14-42(8,56-36-34(51)32(49)30(47)24(20-44)54-36)21-10-16-41(7)28(21)22(45)18-26-39(5)15-12-27(38(3,4)25(39)11-17-40(26,41)6)55-35-33(50)31(48)29(46)23(19-43)53-35/h9,13,21-36,43-52H,10-12,14-20H2,1-8H3/b13-9+/t21-,22-,23-,24-,25-,26+,27+,28-,29-,30-,31+,32+,33-,34-,35+,36+,39+,40-,41-,42+/m1/s1. The Kier molecular flexibility index (Phi) is 12.9. The monoisotopic (exact) mass is 816 g/mol. The molecule has 0 unspecified atom stereocenters. The average Bonchev–Trinajstić information content (AvgIpc) is 3.54. The number of hydrogen-bond donors (Lipinski definition) is 10. The van der Waals surface area contributed by atoms with Crippen LogP contribution in [0.15, 0.2) is 12.2 Å². The second-order valence-corrected chi connectivity index (χ2v) is 20.6. The van der Waals surface area contributed by atoms with Crippen molar-refractivity contribution in [3.05, 3.63) is 12.2 Å². The molecule has 0 aromatic rings. The summed E-state index contributed by atoms with van der Waals surface area (Å²) in [5.74, 6) is -0.136. The van der Waals surface area contributed by atoms with Gasteiger partial charge >= 0.3 is 0 Å². The SMILES string of the molecule is CC(C)(/C=C/C[C@](C)(O[C@@H]1O[C@H](CO)[C@@H](O)[C@H](O)[C@H]1O)[C@@H]1CC[C@]2(C)[C@H]1[C@H](O)C[C@H]1[C@@]3(C)CC[C@H](O[C@@H]4O[C@H](CO)[C@@H](O)[C@H](O)[C@H]4O)C(C)(C)[C@H]3CC[C@]12C)OO. The molecule has 6 fully saturated rings. The maximum absolute atomic E-state index is 12.5. The summed E-state index contributed by atoms with van der Waals surface area (Å²) >= 11 is 0. The van der Waals surface area contributed by atoms with Crippen molar-refractivity contribution >= 4 is 0 Å². The van der Waals surface area contributed by atoms with Gasteiger partial charge in [0.05, 0.1) is 31.0 Å². The molecule has 0 spiro atoms. The minimum atomic E-state index is -1.62. The van der Waals surface area contributed by atoms with Gasteiger partial charge in [0.2, 0.25) is 0 Å². The zero-order valence-corrected chi connectivity index (χ0v) is 35.0. The minimum absolute atomic E-state index is 0.145. The number of aliphatic hydroxyl groups is 9. The van der Waals surface area contributed by atoms with Crippen molar-refractivity contribution in [3.8, 4) is 0 Å². The van der Waals surface area contributed by atoms with Crippen molar-refractivity contribution in [1.29, 1.82) is 0 Å². The fraction of sp³-hybridized carbons (Fsp3) is 0.952. The Hall–Kier alpha value is -0.860. The lowest BCUT2D eigenvalue weighted by molar-refractivity contribution is -0.337. The van der Waals surface area contributed by atoms with Gasteiger partial charge in [-0.05, 0) is 117 Å². The Morgan fingerprint density at radius 2 is 1.25 bits per heavy atom. The van der Waals surface area contributed by atoms with Crippen LogP contribution >= 0.6 is 0 Å². The Bertz CT molecular complexity index is 1430. The van der Waals surface area contributed by atoms with E-state index in [1.54, 1.807) is 19.9 Å². The van der Waals surface area contributed by atoms with Crippen LogP contribution in [0.1, 0.15) is 107 Å². The van der Waals surface area contributed by atoms with Crippen LogP contribution in [0.5, 0.6) is 0 Å². The summed E-state index contributed by atoms with van der Waals surface area (Å²) < 4.78 is 24.8. The molecule has 0 aromatic heterocycles. The highest BCUT2D eigenvalue weighted by molar-refractivity contribution is 5.21. The molecule has 15 nitrogen and oxygen atoms in total. The molecule has 2 heterocycles. The van der Waals surface area contributed by atoms with E-state index in [1.807, 2.05) is 13.0 Å². The van der Waals surface area contributed by atoms with Crippen molar-refractivity contribution in [3.63, 3.8) is 0 Å². The van der Waals surface area contributed by atoms with E-state index in [1.165, 1.54) is 0 Å². The van der Waals surface area contributed by atoms with Crippen molar-refractivity contribution < 1.29 is 75.1 Å². The molecule has 4 saturated carbocycles. The van der Waals surface area contributed by atoms with Gasteiger partial charge in [0.25, 0.3) is 0 Å². The van der Waals surface area contributed by atoms with Gasteiger partial charge in [0, 0.05) is 0 Å². The number of ether oxygens (including phenoxy) is 4. The predicted octanol–water partition coefficient (Wildman–Crippen LogP) is 1.62. The number of hydrogen-bond acceptors (Lipinski definition) is 15. The van der Waals surface area contributed by atoms with Crippen molar-refractivity contribution in [1.82, 2.24) is 0 Å². The third-order valence-electron chi connectivity index (χ3n) is 16.8. The summed E-state index contributed by atoms with van der Waals surface area (Å²) in [6.07, 6.45) is -5.96. The molecule has 0 aromatic carbocycles. The van der Waals surface area contributed by atoms with Crippen LogP contribution in [0, 0.1) is 45.3 Å². The third-order valence-corrected chi connectivity index (χ3v) is 16.8. The van der Waals surface area contributed by atoms with E-state index >= 15 is 0 Å². The molecular weight excluding hydrogens is 744 g/mol. The second kappa shape index (κ2) is 16.1. The molecule has 0 radical (unpaired) electrons. The van der Waals surface area contributed by atoms with Gasteiger partial charge in [-0.15, -0.1) is 0 Å². The quantitative estimate of drug-likeness (QED) is 0.0616. The number of rotatable bonds is 11. The van der Waals surface area contributed by atoms with E-state index in [2.05, 4.69) is 39.5 Å². The largest absolute Gasteiger partial charge is 0.394 e. The highest BCUT2D eigenvalue weighted by atomic mass is 17.1. The van der Waals surface area contributed by atoms with Crippen LogP contribution in [-0.4, -0.2) is 149 Å². The lowest BCUT2D eigenvalue weighted by atomic mass is 9.35. The molecule has 6 aliphatic rings. The summed E-state index contributed by atoms with van der Waals surface area (Å²) in [5.41, 5.74) is -3.19. The van der Waals surface area contributed by atoms with Crippen LogP contribution < -0.4 is 0 Å². The molecule has 15 heteroatoms. The molecule has 2 aliphatic heterocycles. The first-order valence-electron chi connectivity index (χ1n) is 21.1. The summed E-state index contributed by atoms with van der Waals surface area (Å²) in [6, 6.07) is 0. The van der Waals surface area contributed by atoms with E-state index in [-0.39, 0.29) is 52.4 Å². The zero-order chi connectivity index (χ0) is 42.3. The number of aliphatic hydroxyl groups excluding tert-OH is 9. The lowest BCUT2D eigenvalue weighted by Crippen LogP contribution is -2.67. The summed E-state index contributed by atoms with van der Waals surface area (Å²) in [6.45, 7) is 15.6. The Morgan fingerprint density at radius 1 is 0.684 bits per heavy atom. The van der Waals surface area contributed by atoms with E-state index < -0.39 is 97.3 Å². The molecule has 10 N–H and O–H groups in total. The first-order chi connectivity index (χ1) is 26.5. The van der Waals surface area contributed by atoms with Crippen LogP contribution in [0.2, 0.25) is 0 Å². The fourth-order valence-corrected chi connectivity index (χ4v) is 13.3. The molecule has 57 heavy (non-hydrogen) atoms. The van der Waals surface area contributed by atoms with Crippen LogP contribution in [-0.2, 0) is 23.8 Å². The summed E-state index contributed by atoms with van der Waals surface area (Å²) in [4.78, 5) is 4.65. The van der Waals surface area contributed by atoms with Crippen molar-refractivity contribution in [2.24, 2.45) is 45.3 Å².